The zero-order valence-corrected chi connectivity index (χ0v) is 16.3. The smallest absolute Gasteiger partial charge is 0.496 e. The molecule has 1 aliphatic rings. The van der Waals surface area contributed by atoms with Crippen molar-refractivity contribution in [2.45, 2.75) is 12.4 Å². The largest absolute Gasteiger partial charge is 0.573 e. The first-order chi connectivity index (χ1) is 12.9. The normalized spacial score (nSPS) is 16.8. The van der Waals surface area contributed by atoms with Crippen LogP contribution >= 0.6 is 15.9 Å². The van der Waals surface area contributed by atoms with E-state index < -0.39 is 6.36 Å². The van der Waals surface area contributed by atoms with Gasteiger partial charge in [0, 0.05) is 36.2 Å². The molecule has 1 aliphatic heterocycles. The third kappa shape index (κ3) is 5.15. The van der Waals surface area contributed by atoms with Gasteiger partial charge in [-0.3, -0.25) is 4.90 Å². The van der Waals surface area contributed by atoms with Crippen molar-refractivity contribution in [3.63, 3.8) is 0 Å². The molecule has 3 rings (SSSR count). The molecule has 0 unspecified atom stereocenters. The van der Waals surface area contributed by atoms with Crippen LogP contribution in [0.4, 0.5) is 13.2 Å². The minimum absolute atomic E-state index is 0.139. The summed E-state index contributed by atoms with van der Waals surface area (Å²) in [6, 6.07) is 11.7. The number of rotatable bonds is 5. The van der Waals surface area contributed by atoms with E-state index in [9.17, 15) is 13.2 Å². The van der Waals surface area contributed by atoms with E-state index in [0.29, 0.717) is 0 Å². The summed E-state index contributed by atoms with van der Waals surface area (Å²) in [7, 11) is 1.61. The molecule has 1 fully saturated rings. The number of hydrogen-bond donors (Lipinski definition) is 1. The molecule has 0 aromatic heterocycles. The Labute approximate surface area is 164 Å². The zero-order chi connectivity index (χ0) is 19.4. The fourth-order valence-corrected chi connectivity index (χ4v) is 3.68. The van der Waals surface area contributed by atoms with Gasteiger partial charge in [0.15, 0.2) is 0 Å². The standard InChI is InChI=1S/C19H20BrF3N2O2/c1-26-17-7-4-14(20)12-16(17)18(25-10-8-24-9-11-25)13-2-5-15(6-3-13)27-19(21,22)23/h2-7,12,18,24H,8-11H2,1H3/t18-/m1/s1. The summed E-state index contributed by atoms with van der Waals surface area (Å²) in [5, 5.41) is 3.32. The molecule has 8 heteroatoms. The summed E-state index contributed by atoms with van der Waals surface area (Å²) < 4.78 is 47.8. The summed E-state index contributed by atoms with van der Waals surface area (Å²) in [5.41, 5.74) is 1.83. The van der Waals surface area contributed by atoms with Gasteiger partial charge < -0.3 is 14.8 Å². The second kappa shape index (κ2) is 8.50. The minimum Gasteiger partial charge on any atom is -0.496 e. The van der Waals surface area contributed by atoms with Gasteiger partial charge in [0.25, 0.3) is 0 Å². The van der Waals surface area contributed by atoms with Gasteiger partial charge in [-0.25, -0.2) is 0 Å². The molecular formula is C19H20BrF3N2O2. The first kappa shape index (κ1) is 20.0. The van der Waals surface area contributed by atoms with Crippen LogP contribution in [0.3, 0.4) is 0 Å². The molecule has 0 aliphatic carbocycles. The van der Waals surface area contributed by atoms with Crippen molar-refractivity contribution < 1.29 is 22.6 Å². The highest BCUT2D eigenvalue weighted by Crippen LogP contribution is 2.37. The highest BCUT2D eigenvalue weighted by molar-refractivity contribution is 9.10. The topological polar surface area (TPSA) is 33.7 Å². The summed E-state index contributed by atoms with van der Waals surface area (Å²) in [4.78, 5) is 2.29. The Morgan fingerprint density at radius 2 is 1.74 bits per heavy atom. The Bertz CT molecular complexity index is 763. The molecule has 4 nitrogen and oxygen atoms in total. The highest BCUT2D eigenvalue weighted by Gasteiger charge is 2.31. The van der Waals surface area contributed by atoms with Gasteiger partial charge in [-0.05, 0) is 35.9 Å². The maximum atomic E-state index is 12.4. The van der Waals surface area contributed by atoms with E-state index >= 15 is 0 Å². The Hall–Kier alpha value is -1.77. The summed E-state index contributed by atoms with van der Waals surface area (Å²) in [6.07, 6.45) is -4.70. The molecule has 0 spiro atoms. The number of piperazine rings is 1. The van der Waals surface area contributed by atoms with Crippen LogP contribution in [0.1, 0.15) is 17.2 Å². The lowest BCUT2D eigenvalue weighted by atomic mass is 9.95. The highest BCUT2D eigenvalue weighted by atomic mass is 79.9. The Balaban J connectivity index is 1.99. The van der Waals surface area contributed by atoms with Crippen molar-refractivity contribution in [3.05, 3.63) is 58.1 Å². The number of nitrogens with zero attached hydrogens (tertiary/aromatic N) is 1. The SMILES string of the molecule is COc1ccc(Br)cc1[C@@H](c1ccc(OC(F)(F)F)cc1)N1CCNCC1. The van der Waals surface area contributed by atoms with Gasteiger partial charge >= 0.3 is 6.36 Å². The van der Waals surface area contributed by atoms with Gasteiger partial charge in [0.1, 0.15) is 11.5 Å². The number of alkyl halides is 3. The molecule has 146 valence electrons. The lowest BCUT2D eigenvalue weighted by Crippen LogP contribution is -2.45. The third-order valence-corrected chi connectivity index (χ3v) is 4.93. The van der Waals surface area contributed by atoms with Crippen LogP contribution < -0.4 is 14.8 Å². The molecule has 1 heterocycles. The van der Waals surface area contributed by atoms with E-state index in [-0.39, 0.29) is 11.8 Å². The number of benzene rings is 2. The van der Waals surface area contributed by atoms with E-state index in [1.54, 1.807) is 19.2 Å². The van der Waals surface area contributed by atoms with Crippen LogP contribution in [0.15, 0.2) is 46.9 Å². The molecular weight excluding hydrogens is 425 g/mol. The van der Waals surface area contributed by atoms with Crippen LogP contribution in [-0.4, -0.2) is 44.6 Å². The van der Waals surface area contributed by atoms with Crippen molar-refractivity contribution in [1.82, 2.24) is 10.2 Å². The molecule has 2 aromatic carbocycles. The minimum atomic E-state index is -4.70. The lowest BCUT2D eigenvalue weighted by molar-refractivity contribution is -0.274. The molecule has 1 atom stereocenters. The second-order valence-electron chi connectivity index (χ2n) is 6.19. The fourth-order valence-electron chi connectivity index (χ4n) is 3.30. The molecule has 27 heavy (non-hydrogen) atoms. The fraction of sp³-hybridized carbons (Fsp3) is 0.368. The summed E-state index contributed by atoms with van der Waals surface area (Å²) in [5.74, 6) is 0.504. The quantitative estimate of drug-likeness (QED) is 0.742. The molecule has 1 N–H and O–H groups in total. The molecule has 0 radical (unpaired) electrons. The Morgan fingerprint density at radius 1 is 1.07 bits per heavy atom. The van der Waals surface area contributed by atoms with E-state index in [1.807, 2.05) is 18.2 Å². The zero-order valence-electron chi connectivity index (χ0n) is 14.7. The molecule has 2 aromatic rings. The van der Waals surface area contributed by atoms with Crippen LogP contribution in [-0.2, 0) is 0 Å². The third-order valence-electron chi connectivity index (χ3n) is 4.43. The van der Waals surface area contributed by atoms with Crippen LogP contribution in [0, 0.1) is 0 Å². The van der Waals surface area contributed by atoms with E-state index in [2.05, 4.69) is 30.9 Å². The monoisotopic (exact) mass is 444 g/mol. The van der Waals surface area contributed by atoms with Gasteiger partial charge in [-0.2, -0.15) is 0 Å². The summed E-state index contributed by atoms with van der Waals surface area (Å²) in [6.45, 7) is 3.34. The molecule has 1 saturated heterocycles. The van der Waals surface area contributed by atoms with E-state index in [1.165, 1.54) is 12.1 Å². The van der Waals surface area contributed by atoms with Crippen LogP contribution in [0.5, 0.6) is 11.5 Å². The number of hydrogen-bond acceptors (Lipinski definition) is 4. The number of nitrogens with one attached hydrogen (secondary N) is 1. The van der Waals surface area contributed by atoms with Gasteiger partial charge in [-0.1, -0.05) is 28.1 Å². The van der Waals surface area contributed by atoms with E-state index in [4.69, 9.17) is 4.74 Å². The van der Waals surface area contributed by atoms with Crippen molar-refractivity contribution in [1.29, 1.82) is 0 Å². The van der Waals surface area contributed by atoms with Crippen molar-refractivity contribution >= 4 is 15.9 Å². The summed E-state index contributed by atoms with van der Waals surface area (Å²) >= 11 is 3.50. The number of ether oxygens (including phenoxy) is 2. The van der Waals surface area contributed by atoms with Crippen LogP contribution in [0.2, 0.25) is 0 Å². The predicted molar refractivity (Wildman–Crippen MR) is 100 cm³/mol. The molecule has 0 amide bonds. The maximum Gasteiger partial charge on any atom is 0.573 e. The van der Waals surface area contributed by atoms with Crippen LogP contribution in [0.25, 0.3) is 0 Å². The van der Waals surface area contributed by atoms with Crippen molar-refractivity contribution in [3.8, 4) is 11.5 Å². The second-order valence-corrected chi connectivity index (χ2v) is 7.11. The van der Waals surface area contributed by atoms with Crippen molar-refractivity contribution in [2.24, 2.45) is 0 Å². The average Bonchev–Trinajstić information content (AvgIpc) is 2.63. The lowest BCUT2D eigenvalue weighted by Gasteiger charge is -2.36. The van der Waals surface area contributed by atoms with Gasteiger partial charge in [-0.15, -0.1) is 13.2 Å². The number of methoxy groups -OCH3 is 1. The predicted octanol–water partition coefficient (Wildman–Crippen LogP) is 4.35. The van der Waals surface area contributed by atoms with E-state index in [0.717, 1.165) is 47.5 Å². The average molecular weight is 445 g/mol. The Morgan fingerprint density at radius 3 is 2.33 bits per heavy atom. The molecule has 0 bridgehead atoms. The first-order valence-electron chi connectivity index (χ1n) is 8.51. The maximum absolute atomic E-state index is 12.4. The number of halogens is 4. The first-order valence-corrected chi connectivity index (χ1v) is 9.30. The van der Waals surface area contributed by atoms with Gasteiger partial charge in [0.2, 0.25) is 0 Å². The van der Waals surface area contributed by atoms with Gasteiger partial charge in [0.05, 0.1) is 13.2 Å². The molecule has 0 saturated carbocycles. The van der Waals surface area contributed by atoms with Crippen molar-refractivity contribution in [2.75, 3.05) is 33.3 Å². The Kier molecular flexibility index (Phi) is 6.29.